The predicted molar refractivity (Wildman–Crippen MR) is 140 cm³/mol. The Morgan fingerprint density at radius 2 is 1.79 bits per heavy atom. The molecular weight excluding hydrogens is 505 g/mol. The summed E-state index contributed by atoms with van der Waals surface area (Å²) in [5.41, 5.74) is 1.24. The number of nitrogens with zero attached hydrogens (tertiary/aromatic N) is 2. The Morgan fingerprint density at radius 3 is 2.46 bits per heavy atom. The maximum absolute atomic E-state index is 13.7. The summed E-state index contributed by atoms with van der Waals surface area (Å²) in [7, 11) is -1.44. The molecule has 1 saturated heterocycles. The number of para-hydroxylation sites is 1. The van der Waals surface area contributed by atoms with Crippen molar-refractivity contribution in [2.75, 3.05) is 19.6 Å². The van der Waals surface area contributed by atoms with Gasteiger partial charge in [0.05, 0.1) is 11.6 Å². The van der Waals surface area contributed by atoms with Crippen LogP contribution >= 0.6 is 0 Å². The monoisotopic (exact) mass is 535 g/mol. The molecule has 2 heterocycles. The number of Topliss-reactive ketones (excluding diaryl/α,β-unsaturated/α-hetero) is 1. The molecule has 3 N–H and O–H groups in total. The van der Waals surface area contributed by atoms with Crippen molar-refractivity contribution in [2.45, 2.75) is 44.5 Å². The zero-order valence-electron chi connectivity index (χ0n) is 21.7. The topological polar surface area (TPSA) is 154 Å². The lowest BCUT2D eigenvalue weighted by atomic mass is 9.63. The van der Waals surface area contributed by atoms with Crippen molar-refractivity contribution in [3.8, 4) is 5.75 Å². The Bertz CT molecular complexity index is 1290. The maximum atomic E-state index is 13.7. The molecule has 2 aromatic carbocycles. The quantitative estimate of drug-likeness (QED) is 0.341. The Labute approximate surface area is 225 Å². The molecule has 0 aliphatic carbocycles. The van der Waals surface area contributed by atoms with E-state index in [9.17, 15) is 34.1 Å². The fraction of sp³-hybridized carbons (Fsp3) is 0.370. The van der Waals surface area contributed by atoms with E-state index in [0.29, 0.717) is 12.1 Å². The summed E-state index contributed by atoms with van der Waals surface area (Å²) in [5.74, 6) is -4.47. The average Bonchev–Trinajstić information content (AvgIpc) is 2.93. The number of carbonyl (C=O) groups is 5. The van der Waals surface area contributed by atoms with Gasteiger partial charge in [0.1, 0.15) is 5.75 Å². The van der Waals surface area contributed by atoms with Gasteiger partial charge in [0.15, 0.2) is 5.78 Å². The molecule has 0 radical (unpaired) electrons. The third kappa shape index (κ3) is 5.80. The van der Waals surface area contributed by atoms with Gasteiger partial charge in [-0.1, -0.05) is 49.4 Å². The molecule has 0 spiro atoms. The van der Waals surface area contributed by atoms with E-state index in [1.54, 1.807) is 38.1 Å². The summed E-state index contributed by atoms with van der Waals surface area (Å²) < 4.78 is 5.53. The summed E-state index contributed by atoms with van der Waals surface area (Å²) >= 11 is 0. The molecular formula is C27H30BN3O8. The Balaban J connectivity index is 1.55. The number of aromatic carboxylic acids is 1. The van der Waals surface area contributed by atoms with Gasteiger partial charge < -0.3 is 25.0 Å². The summed E-state index contributed by atoms with van der Waals surface area (Å²) in [6, 6.07) is 11.7. The summed E-state index contributed by atoms with van der Waals surface area (Å²) in [4.78, 5) is 65.4. The van der Waals surface area contributed by atoms with E-state index in [0.717, 1.165) is 10.5 Å². The molecule has 12 heteroatoms. The van der Waals surface area contributed by atoms with Gasteiger partial charge in [0.25, 0.3) is 0 Å². The second kappa shape index (κ2) is 11.7. The van der Waals surface area contributed by atoms with Gasteiger partial charge in [0, 0.05) is 37.8 Å². The lowest BCUT2D eigenvalue weighted by Crippen LogP contribution is -2.60. The largest absolute Gasteiger partial charge is 0.535 e. The van der Waals surface area contributed by atoms with E-state index in [1.807, 2.05) is 18.2 Å². The van der Waals surface area contributed by atoms with Crippen LogP contribution in [0, 0.1) is 0 Å². The van der Waals surface area contributed by atoms with E-state index in [-0.39, 0.29) is 37.2 Å². The number of hydrogen-bond donors (Lipinski definition) is 3. The molecule has 39 heavy (non-hydrogen) atoms. The van der Waals surface area contributed by atoms with Crippen molar-refractivity contribution in [1.82, 2.24) is 15.1 Å². The fourth-order valence-electron chi connectivity index (χ4n) is 5.03. The van der Waals surface area contributed by atoms with Crippen molar-refractivity contribution in [2.24, 2.45) is 0 Å². The van der Waals surface area contributed by atoms with Crippen LogP contribution in [0.4, 0.5) is 4.79 Å². The van der Waals surface area contributed by atoms with E-state index in [4.69, 9.17) is 4.65 Å². The number of carbonyl (C=O) groups excluding carboxylic acids is 4. The zero-order valence-corrected chi connectivity index (χ0v) is 21.7. The lowest BCUT2D eigenvalue weighted by molar-refractivity contribution is -0.153. The van der Waals surface area contributed by atoms with E-state index in [2.05, 4.69) is 5.32 Å². The molecule has 3 atom stereocenters. The molecule has 1 fully saturated rings. The van der Waals surface area contributed by atoms with Crippen molar-refractivity contribution >= 4 is 36.7 Å². The summed E-state index contributed by atoms with van der Waals surface area (Å²) in [5, 5.41) is 22.7. The van der Waals surface area contributed by atoms with Crippen LogP contribution in [0.2, 0.25) is 5.82 Å². The van der Waals surface area contributed by atoms with Crippen LogP contribution in [0.25, 0.3) is 0 Å². The minimum absolute atomic E-state index is 0.00273. The number of likely N-dealkylation sites (N-methyl/N-ethyl adjacent to an activating group) is 1. The van der Waals surface area contributed by atoms with Crippen LogP contribution in [-0.2, 0) is 20.8 Å². The van der Waals surface area contributed by atoms with Gasteiger partial charge in [-0.05, 0) is 30.5 Å². The van der Waals surface area contributed by atoms with Gasteiger partial charge in [-0.3, -0.25) is 19.3 Å². The van der Waals surface area contributed by atoms with Crippen molar-refractivity contribution in [3.63, 3.8) is 0 Å². The number of urea groups is 1. The Morgan fingerprint density at radius 1 is 1.08 bits per heavy atom. The molecule has 2 unspecified atom stereocenters. The number of hydrogen-bond acceptors (Lipinski definition) is 7. The molecule has 204 valence electrons. The van der Waals surface area contributed by atoms with Crippen LogP contribution in [0.15, 0.2) is 48.5 Å². The van der Waals surface area contributed by atoms with Gasteiger partial charge in [-0.15, -0.1) is 0 Å². The first-order chi connectivity index (χ1) is 18.6. The first-order valence-electron chi connectivity index (χ1n) is 12.8. The minimum Gasteiger partial charge on any atom is -0.535 e. The molecule has 0 bridgehead atoms. The highest BCUT2D eigenvalue weighted by molar-refractivity contribution is 6.47. The number of fused-ring (bicyclic) bond motifs is 1. The van der Waals surface area contributed by atoms with Crippen LogP contribution < -0.4 is 9.97 Å². The average molecular weight is 535 g/mol. The number of rotatable bonds is 8. The first kappa shape index (κ1) is 27.8. The lowest BCUT2D eigenvalue weighted by Gasteiger charge is -2.34. The van der Waals surface area contributed by atoms with Crippen molar-refractivity contribution < 1.29 is 38.8 Å². The van der Waals surface area contributed by atoms with E-state index in [1.165, 1.54) is 11.0 Å². The highest BCUT2D eigenvalue weighted by Crippen LogP contribution is 2.37. The standard InChI is InChI=1S/C27H30BN3O8/c1-3-30-12-13-31(25(34)24(30)33)27(37)29-22(16(2)17-8-5-4-6-9-17)21(32)15-19-14-18-10-7-11-20(26(35)36)23(18)39-28(19)38/h4-11,16,19,22,38H,3,12-15H2,1-2H3,(H,29,37)(H,35,36)/t16?,19-,22?/m1/s1. The van der Waals surface area contributed by atoms with Crippen LogP contribution in [-0.4, -0.2) is 82.3 Å². The summed E-state index contributed by atoms with van der Waals surface area (Å²) in [6.07, 6.45) is 0.00618. The second-order valence-electron chi connectivity index (χ2n) is 9.71. The molecule has 0 saturated carbocycles. The Hall–Kier alpha value is -4.19. The normalized spacial score (nSPS) is 18.6. The third-order valence-electron chi connectivity index (χ3n) is 7.30. The summed E-state index contributed by atoms with van der Waals surface area (Å²) in [6.45, 7) is 4.05. The molecule has 11 nitrogen and oxygen atoms in total. The molecule has 2 aliphatic rings. The van der Waals surface area contributed by atoms with Gasteiger partial charge in [-0.2, -0.15) is 0 Å². The van der Waals surface area contributed by atoms with Crippen molar-refractivity contribution in [1.29, 1.82) is 0 Å². The second-order valence-corrected chi connectivity index (χ2v) is 9.71. The highest BCUT2D eigenvalue weighted by atomic mass is 16.5. The smallest absolute Gasteiger partial charge is 0.526 e. The van der Waals surface area contributed by atoms with Gasteiger partial charge >= 0.3 is 30.9 Å². The number of amides is 4. The van der Waals surface area contributed by atoms with Crippen LogP contribution in [0.5, 0.6) is 5.75 Å². The number of imide groups is 1. The number of piperazine rings is 1. The fourth-order valence-corrected chi connectivity index (χ4v) is 5.03. The number of carboxylic acid groups (broad SMARTS) is 1. The Kier molecular flexibility index (Phi) is 8.34. The molecule has 4 rings (SSSR count). The highest BCUT2D eigenvalue weighted by Gasteiger charge is 2.41. The molecule has 0 aromatic heterocycles. The van der Waals surface area contributed by atoms with Gasteiger partial charge in [-0.25, -0.2) is 9.59 Å². The molecule has 4 amide bonds. The number of ketones is 1. The number of nitrogens with one attached hydrogen (secondary N) is 1. The maximum Gasteiger partial charge on any atom is 0.526 e. The molecule has 2 aliphatic heterocycles. The predicted octanol–water partition coefficient (Wildman–Crippen LogP) is 1.70. The van der Waals surface area contributed by atoms with E-state index >= 15 is 0 Å². The third-order valence-corrected chi connectivity index (χ3v) is 7.30. The number of carboxylic acids is 1. The van der Waals surface area contributed by atoms with Crippen molar-refractivity contribution in [3.05, 3.63) is 65.2 Å². The van der Waals surface area contributed by atoms with E-state index < -0.39 is 54.5 Å². The minimum atomic E-state index is -1.44. The number of benzene rings is 2. The van der Waals surface area contributed by atoms with Crippen LogP contribution in [0.3, 0.4) is 0 Å². The zero-order chi connectivity index (χ0) is 28.3. The first-order valence-corrected chi connectivity index (χ1v) is 12.8. The van der Waals surface area contributed by atoms with Gasteiger partial charge in [0.2, 0.25) is 0 Å². The van der Waals surface area contributed by atoms with Crippen LogP contribution in [0.1, 0.15) is 47.7 Å². The SMILES string of the molecule is CCN1CCN(C(=O)NC(C(=O)C[C@H]2Cc3cccc(C(=O)O)c3OB2O)C(C)c2ccccc2)C(=O)C1=O. The molecule has 2 aromatic rings.